The molecule has 0 amide bonds. The van der Waals surface area contributed by atoms with Gasteiger partial charge in [-0.3, -0.25) is 0 Å². The lowest BCUT2D eigenvalue weighted by Gasteiger charge is -2.36. The van der Waals surface area contributed by atoms with Crippen molar-refractivity contribution >= 4 is 11.3 Å². The SMILES string of the molecule is c1ccc(C(c2ccccc2)(c2ccc(C(c3ccc[nH]3)c3ccc[nH]3)[nH]2)c2ccc(C(c3ccccc3)(c3ccccc3)c3ccc(C(c4ccc[nH]4)c4ccc[nH]4)[nH]3)s2)cc1. The van der Waals surface area contributed by atoms with Crippen LogP contribution in [0.3, 0.4) is 0 Å². The Morgan fingerprint density at radius 1 is 0.286 bits per heavy atom. The fourth-order valence-corrected chi connectivity index (χ4v) is 11.5. The summed E-state index contributed by atoms with van der Waals surface area (Å²) in [5, 5.41) is 0. The lowest BCUT2D eigenvalue weighted by Crippen LogP contribution is -2.31. The quantitative estimate of drug-likeness (QED) is 0.0630. The molecule has 0 spiro atoms. The minimum absolute atomic E-state index is 0.0430. The van der Waals surface area contributed by atoms with E-state index in [2.05, 4.69) is 236 Å². The van der Waals surface area contributed by atoms with Gasteiger partial charge in [0, 0.05) is 80.1 Å². The van der Waals surface area contributed by atoms with E-state index in [0.717, 1.165) is 45.6 Å². The molecular formula is C56H46N6S. The van der Waals surface area contributed by atoms with Gasteiger partial charge in [-0.25, -0.2) is 0 Å². The number of aromatic amines is 6. The summed E-state index contributed by atoms with van der Waals surface area (Å²) in [4.78, 5) is 24.6. The van der Waals surface area contributed by atoms with Crippen LogP contribution in [0.4, 0.5) is 0 Å². The number of nitrogens with one attached hydrogen (secondary N) is 6. The largest absolute Gasteiger partial charge is 0.364 e. The standard InChI is InChI=1S/C56H46N6S/c1-5-17-39(18-6-1)55(40-19-7-2-8-20-40,49-31-29-47(61-49)53(43-25-13-35-57-43)44-26-14-36-58-44)51-33-34-52(63-51)56(41-21-9-3-10-22-41,42-23-11-4-12-24-42)50-32-30-48(62-50)54(45-27-15-37-59-45)46-28-16-38-60-46/h1-38,53-54,57-62H. The third kappa shape index (κ3) is 6.48. The monoisotopic (exact) mass is 834 g/mol. The van der Waals surface area contributed by atoms with Crippen LogP contribution >= 0.6 is 11.3 Å². The van der Waals surface area contributed by atoms with Crippen molar-refractivity contribution in [3.63, 3.8) is 0 Å². The summed E-state index contributed by atoms with van der Waals surface area (Å²) in [6.07, 6.45) is 8.00. The molecule has 11 rings (SSSR count). The van der Waals surface area contributed by atoms with E-state index in [1.54, 1.807) is 0 Å². The number of hydrogen-bond donors (Lipinski definition) is 6. The first-order valence-corrected chi connectivity index (χ1v) is 22.3. The molecule has 0 fully saturated rings. The Labute approximate surface area is 370 Å². The van der Waals surface area contributed by atoms with Gasteiger partial charge in [0.25, 0.3) is 0 Å². The van der Waals surface area contributed by atoms with E-state index in [4.69, 9.17) is 0 Å². The molecule has 11 aromatic rings. The van der Waals surface area contributed by atoms with Gasteiger partial charge in [0.05, 0.1) is 22.7 Å². The van der Waals surface area contributed by atoms with Crippen LogP contribution in [0.1, 0.15) is 89.4 Å². The van der Waals surface area contributed by atoms with Crippen molar-refractivity contribution in [3.05, 3.63) is 309 Å². The number of thiophene rings is 1. The van der Waals surface area contributed by atoms with Gasteiger partial charge >= 0.3 is 0 Å². The smallest absolute Gasteiger partial charge is 0.0944 e. The first-order valence-electron chi connectivity index (χ1n) is 21.5. The number of aromatic nitrogens is 6. The predicted octanol–water partition coefficient (Wildman–Crippen LogP) is 12.8. The average molecular weight is 835 g/mol. The summed E-state index contributed by atoms with van der Waals surface area (Å²) in [6, 6.07) is 74.8. The Hall–Kier alpha value is -7.74. The van der Waals surface area contributed by atoms with E-state index >= 15 is 0 Å². The van der Waals surface area contributed by atoms with E-state index in [1.807, 2.05) is 36.1 Å². The molecule has 306 valence electrons. The van der Waals surface area contributed by atoms with Crippen molar-refractivity contribution < 1.29 is 0 Å². The molecular weight excluding hydrogens is 789 g/mol. The zero-order valence-electron chi connectivity index (χ0n) is 34.5. The molecule has 7 aromatic heterocycles. The molecule has 0 aliphatic carbocycles. The predicted molar refractivity (Wildman–Crippen MR) is 255 cm³/mol. The molecule has 6 nitrogen and oxygen atoms in total. The summed E-state index contributed by atoms with van der Waals surface area (Å²) in [6.45, 7) is 0. The molecule has 0 saturated heterocycles. The Morgan fingerprint density at radius 2 is 0.587 bits per heavy atom. The first kappa shape index (κ1) is 38.2. The molecule has 7 heteroatoms. The van der Waals surface area contributed by atoms with E-state index < -0.39 is 10.8 Å². The third-order valence-corrected chi connectivity index (χ3v) is 14.1. The Morgan fingerprint density at radius 3 is 0.857 bits per heavy atom. The van der Waals surface area contributed by atoms with Crippen molar-refractivity contribution in [2.75, 3.05) is 0 Å². The third-order valence-electron chi connectivity index (χ3n) is 12.8. The van der Waals surface area contributed by atoms with Gasteiger partial charge in [-0.1, -0.05) is 121 Å². The van der Waals surface area contributed by atoms with Gasteiger partial charge in [-0.2, -0.15) is 0 Å². The lowest BCUT2D eigenvalue weighted by atomic mass is 9.70. The van der Waals surface area contributed by atoms with Crippen LogP contribution < -0.4 is 0 Å². The number of hydrogen-bond acceptors (Lipinski definition) is 1. The van der Waals surface area contributed by atoms with Crippen LogP contribution in [-0.2, 0) is 10.8 Å². The highest BCUT2D eigenvalue weighted by Gasteiger charge is 2.46. The second kappa shape index (κ2) is 16.3. The summed E-state index contributed by atoms with van der Waals surface area (Å²) >= 11 is 1.88. The van der Waals surface area contributed by atoms with Gasteiger partial charge in [0.1, 0.15) is 0 Å². The number of rotatable bonds is 14. The van der Waals surface area contributed by atoms with Gasteiger partial charge in [-0.05, 0) is 107 Å². The van der Waals surface area contributed by atoms with Crippen molar-refractivity contribution in [3.8, 4) is 0 Å². The van der Waals surface area contributed by atoms with Crippen LogP contribution in [0.5, 0.6) is 0 Å². The molecule has 0 bridgehead atoms. The zero-order chi connectivity index (χ0) is 42.1. The summed E-state index contributed by atoms with van der Waals surface area (Å²) in [7, 11) is 0. The Kier molecular flexibility index (Phi) is 9.87. The highest BCUT2D eigenvalue weighted by molar-refractivity contribution is 7.12. The zero-order valence-corrected chi connectivity index (χ0v) is 35.3. The Bertz CT molecular complexity index is 2740. The van der Waals surface area contributed by atoms with Crippen molar-refractivity contribution in [2.24, 2.45) is 0 Å². The van der Waals surface area contributed by atoms with E-state index in [-0.39, 0.29) is 11.8 Å². The minimum atomic E-state index is -0.702. The molecule has 7 heterocycles. The normalized spacial score (nSPS) is 12.1. The lowest BCUT2D eigenvalue weighted by molar-refractivity contribution is 0.725. The van der Waals surface area contributed by atoms with E-state index in [1.165, 1.54) is 32.0 Å². The van der Waals surface area contributed by atoms with Gasteiger partial charge in [0.15, 0.2) is 0 Å². The van der Waals surface area contributed by atoms with E-state index in [0.29, 0.717) is 0 Å². The highest BCUT2D eigenvalue weighted by atomic mass is 32.1. The van der Waals surface area contributed by atoms with Crippen LogP contribution in [-0.4, -0.2) is 29.9 Å². The summed E-state index contributed by atoms with van der Waals surface area (Å²) < 4.78 is 0. The number of H-pyrrole nitrogens is 6. The van der Waals surface area contributed by atoms with Gasteiger partial charge in [0.2, 0.25) is 0 Å². The van der Waals surface area contributed by atoms with Crippen LogP contribution in [0, 0.1) is 0 Å². The highest BCUT2D eigenvalue weighted by Crippen LogP contribution is 2.53. The topological polar surface area (TPSA) is 94.7 Å². The maximum absolute atomic E-state index is 4.07. The maximum atomic E-state index is 4.07. The second-order valence-electron chi connectivity index (χ2n) is 16.2. The van der Waals surface area contributed by atoms with Crippen molar-refractivity contribution in [1.82, 2.24) is 29.9 Å². The summed E-state index contributed by atoms with van der Waals surface area (Å²) in [5.74, 6) is -0.0860. The summed E-state index contributed by atoms with van der Waals surface area (Å²) in [5.41, 5.74) is 12.2. The van der Waals surface area contributed by atoms with Gasteiger partial charge in [-0.15, -0.1) is 11.3 Å². The van der Waals surface area contributed by atoms with Crippen LogP contribution in [0.15, 0.2) is 231 Å². The first-order chi connectivity index (χ1) is 31.2. The second-order valence-corrected chi connectivity index (χ2v) is 17.2. The molecule has 0 aliphatic rings. The van der Waals surface area contributed by atoms with Crippen LogP contribution in [0.2, 0.25) is 0 Å². The molecule has 0 atom stereocenters. The maximum Gasteiger partial charge on any atom is 0.0944 e. The molecule has 0 unspecified atom stereocenters. The molecule has 6 N–H and O–H groups in total. The fraction of sp³-hybridized carbons (Fsp3) is 0.0714. The molecule has 0 radical (unpaired) electrons. The Balaban J connectivity index is 1.16. The van der Waals surface area contributed by atoms with Crippen molar-refractivity contribution in [1.29, 1.82) is 0 Å². The van der Waals surface area contributed by atoms with Crippen LogP contribution in [0.25, 0.3) is 0 Å². The minimum Gasteiger partial charge on any atom is -0.364 e. The fourth-order valence-electron chi connectivity index (χ4n) is 9.98. The molecule has 0 aliphatic heterocycles. The average Bonchev–Trinajstić information content (AvgIpc) is 4.19. The van der Waals surface area contributed by atoms with Crippen molar-refractivity contribution in [2.45, 2.75) is 22.7 Å². The van der Waals surface area contributed by atoms with E-state index in [9.17, 15) is 0 Å². The molecule has 63 heavy (non-hydrogen) atoms. The molecule has 4 aromatic carbocycles. The number of benzene rings is 4. The molecule has 0 saturated carbocycles. The van der Waals surface area contributed by atoms with Gasteiger partial charge < -0.3 is 29.9 Å².